The number of para-hydroxylation sites is 1. The van der Waals surface area contributed by atoms with Crippen molar-refractivity contribution in [1.29, 1.82) is 0 Å². The van der Waals surface area contributed by atoms with E-state index in [1.165, 1.54) is 0 Å². The SMILES string of the molecule is O=S(=O)=C1CN(F)CCN1c1ccccc1. The molecular formula is C10H11FN2O2S. The molecule has 0 saturated carbocycles. The van der Waals surface area contributed by atoms with Gasteiger partial charge in [0.25, 0.3) is 0 Å². The smallest absolute Gasteiger partial charge is 0.235 e. The van der Waals surface area contributed by atoms with E-state index >= 15 is 0 Å². The summed E-state index contributed by atoms with van der Waals surface area (Å²) >= 11 is 0. The summed E-state index contributed by atoms with van der Waals surface area (Å²) in [5.74, 6) is 0. The normalized spacial score (nSPS) is 17.6. The van der Waals surface area contributed by atoms with Crippen LogP contribution in [0.2, 0.25) is 0 Å². The maximum Gasteiger partial charge on any atom is 0.235 e. The Bertz CT molecular complexity index is 493. The molecule has 1 aromatic carbocycles. The molecule has 0 spiro atoms. The molecule has 0 N–H and O–H groups in total. The molecule has 0 aromatic heterocycles. The largest absolute Gasteiger partial charge is 0.330 e. The van der Waals surface area contributed by atoms with Gasteiger partial charge in [0.2, 0.25) is 10.3 Å². The Balaban J connectivity index is 2.38. The number of benzene rings is 1. The van der Waals surface area contributed by atoms with Crippen molar-refractivity contribution in [1.82, 2.24) is 5.12 Å². The third-order valence-electron chi connectivity index (χ3n) is 2.43. The quantitative estimate of drug-likeness (QED) is 0.537. The van der Waals surface area contributed by atoms with Crippen molar-refractivity contribution < 1.29 is 12.9 Å². The van der Waals surface area contributed by atoms with E-state index in [1.54, 1.807) is 17.0 Å². The van der Waals surface area contributed by atoms with Gasteiger partial charge in [-0.1, -0.05) is 18.2 Å². The van der Waals surface area contributed by atoms with Crippen molar-refractivity contribution in [2.45, 2.75) is 0 Å². The van der Waals surface area contributed by atoms with Crippen molar-refractivity contribution in [3.8, 4) is 0 Å². The van der Waals surface area contributed by atoms with Crippen LogP contribution < -0.4 is 4.90 Å². The molecule has 0 amide bonds. The number of nitrogens with zero attached hydrogens (tertiary/aromatic N) is 2. The second-order valence-corrected chi connectivity index (χ2v) is 4.40. The minimum absolute atomic E-state index is 0.0694. The fourth-order valence-corrected chi connectivity index (χ4v) is 2.29. The summed E-state index contributed by atoms with van der Waals surface area (Å²) in [6, 6.07) is 9.11. The molecule has 16 heavy (non-hydrogen) atoms. The topological polar surface area (TPSA) is 40.6 Å². The van der Waals surface area contributed by atoms with Crippen molar-refractivity contribution in [3.63, 3.8) is 0 Å². The highest BCUT2D eigenvalue weighted by molar-refractivity contribution is 7.73. The van der Waals surface area contributed by atoms with Crippen molar-refractivity contribution in [2.24, 2.45) is 0 Å². The third-order valence-corrected chi connectivity index (χ3v) is 3.17. The molecule has 6 heteroatoms. The molecule has 0 radical (unpaired) electrons. The standard InChI is InChI=1S/C10H11FN2O2S/c11-12-6-7-13(10(8-12)16(14)15)9-4-2-1-3-5-9/h1-5H,6-8H2. The average molecular weight is 242 g/mol. The fraction of sp³-hybridized carbons (Fsp3) is 0.300. The van der Waals surface area contributed by atoms with Crippen LogP contribution in [0, 0.1) is 0 Å². The third kappa shape index (κ3) is 2.23. The predicted octanol–water partition coefficient (Wildman–Crippen LogP) is 0.702. The highest BCUT2D eigenvalue weighted by Gasteiger charge is 2.24. The Hall–Kier alpha value is -1.40. The van der Waals surface area contributed by atoms with Crippen LogP contribution in [-0.2, 0) is 10.3 Å². The molecule has 2 rings (SSSR count). The van der Waals surface area contributed by atoms with Gasteiger partial charge in [-0.2, -0.15) is 8.42 Å². The van der Waals surface area contributed by atoms with Crippen LogP contribution in [0.1, 0.15) is 0 Å². The first-order valence-electron chi connectivity index (χ1n) is 4.87. The van der Waals surface area contributed by atoms with Crippen molar-refractivity contribution in [2.75, 3.05) is 24.5 Å². The lowest BCUT2D eigenvalue weighted by atomic mass is 10.2. The lowest BCUT2D eigenvalue weighted by Crippen LogP contribution is -2.48. The summed E-state index contributed by atoms with van der Waals surface area (Å²) in [5, 5.41) is 0.505. The van der Waals surface area contributed by atoms with Gasteiger partial charge in [0.1, 0.15) is 0 Å². The fourth-order valence-electron chi connectivity index (χ4n) is 1.67. The van der Waals surface area contributed by atoms with Crippen LogP contribution in [0.4, 0.5) is 10.2 Å². The number of halogens is 1. The van der Waals surface area contributed by atoms with E-state index in [0.717, 1.165) is 5.69 Å². The number of rotatable bonds is 1. The first kappa shape index (κ1) is 11.1. The Morgan fingerprint density at radius 3 is 2.44 bits per heavy atom. The summed E-state index contributed by atoms with van der Waals surface area (Å²) in [4.78, 5) is 1.69. The minimum Gasteiger partial charge on any atom is -0.330 e. The summed E-state index contributed by atoms with van der Waals surface area (Å²) in [5.41, 5.74) is 0.773. The highest BCUT2D eigenvalue weighted by atomic mass is 32.2. The maximum atomic E-state index is 13.0. The monoisotopic (exact) mass is 242 g/mol. The molecule has 1 aliphatic heterocycles. The molecule has 0 unspecified atom stereocenters. The second-order valence-electron chi connectivity index (χ2n) is 3.46. The predicted molar refractivity (Wildman–Crippen MR) is 60.4 cm³/mol. The van der Waals surface area contributed by atoms with E-state index in [-0.39, 0.29) is 18.1 Å². The zero-order valence-electron chi connectivity index (χ0n) is 8.51. The van der Waals surface area contributed by atoms with Gasteiger partial charge in [-0.05, 0) is 12.1 Å². The molecule has 0 atom stereocenters. The Labute approximate surface area is 94.4 Å². The van der Waals surface area contributed by atoms with Crippen LogP contribution >= 0.6 is 0 Å². The van der Waals surface area contributed by atoms with Crippen LogP contribution in [-0.4, -0.2) is 38.2 Å². The van der Waals surface area contributed by atoms with Crippen molar-refractivity contribution >= 4 is 21.0 Å². The molecule has 1 aromatic rings. The molecule has 1 aliphatic rings. The van der Waals surface area contributed by atoms with Gasteiger partial charge >= 0.3 is 0 Å². The maximum absolute atomic E-state index is 13.0. The molecule has 0 bridgehead atoms. The van der Waals surface area contributed by atoms with Gasteiger partial charge in [-0.25, -0.2) is 0 Å². The number of hydrogen-bond acceptors (Lipinski definition) is 3. The lowest BCUT2D eigenvalue weighted by Gasteiger charge is -2.31. The molecule has 1 heterocycles. The molecular weight excluding hydrogens is 231 g/mol. The number of hydrogen-bond donors (Lipinski definition) is 0. The van der Waals surface area contributed by atoms with Gasteiger partial charge in [-0.15, -0.1) is 9.60 Å². The van der Waals surface area contributed by atoms with E-state index in [4.69, 9.17) is 0 Å². The Morgan fingerprint density at radius 2 is 1.81 bits per heavy atom. The minimum atomic E-state index is -2.39. The lowest BCUT2D eigenvalue weighted by molar-refractivity contribution is 0.0437. The van der Waals surface area contributed by atoms with Crippen LogP contribution in [0.25, 0.3) is 0 Å². The van der Waals surface area contributed by atoms with Crippen LogP contribution in [0.3, 0.4) is 0 Å². The zero-order valence-corrected chi connectivity index (χ0v) is 9.32. The van der Waals surface area contributed by atoms with E-state index in [1.807, 2.05) is 18.2 Å². The van der Waals surface area contributed by atoms with E-state index in [9.17, 15) is 12.9 Å². The molecule has 0 aliphatic carbocycles. The van der Waals surface area contributed by atoms with Gasteiger partial charge < -0.3 is 4.90 Å². The Morgan fingerprint density at radius 1 is 1.12 bits per heavy atom. The molecule has 4 nitrogen and oxygen atoms in total. The van der Waals surface area contributed by atoms with Gasteiger partial charge in [0, 0.05) is 18.8 Å². The van der Waals surface area contributed by atoms with E-state index < -0.39 is 10.3 Å². The molecule has 1 fully saturated rings. The first-order chi connectivity index (χ1) is 7.68. The summed E-state index contributed by atoms with van der Waals surface area (Å²) in [6.07, 6.45) is 0. The average Bonchev–Trinajstić information content (AvgIpc) is 2.30. The summed E-state index contributed by atoms with van der Waals surface area (Å²) < 4.78 is 35.0. The number of anilines is 1. The van der Waals surface area contributed by atoms with Crippen molar-refractivity contribution in [3.05, 3.63) is 30.3 Å². The number of piperazine rings is 1. The van der Waals surface area contributed by atoms with E-state index in [2.05, 4.69) is 0 Å². The highest BCUT2D eigenvalue weighted by Crippen LogP contribution is 2.16. The van der Waals surface area contributed by atoms with Gasteiger partial charge in [0.15, 0.2) is 4.99 Å². The van der Waals surface area contributed by atoms with Crippen LogP contribution in [0.15, 0.2) is 30.3 Å². The summed E-state index contributed by atoms with van der Waals surface area (Å²) in [6.45, 7) is 0.352. The summed E-state index contributed by atoms with van der Waals surface area (Å²) in [7, 11) is -2.39. The first-order valence-corrected chi connectivity index (χ1v) is 5.94. The van der Waals surface area contributed by atoms with Crippen LogP contribution in [0.5, 0.6) is 0 Å². The Kier molecular flexibility index (Phi) is 3.21. The molecule has 1 saturated heterocycles. The second kappa shape index (κ2) is 4.63. The van der Waals surface area contributed by atoms with Gasteiger partial charge in [0.05, 0.1) is 6.54 Å². The molecule has 86 valence electrons. The van der Waals surface area contributed by atoms with E-state index in [0.29, 0.717) is 11.7 Å². The zero-order chi connectivity index (χ0) is 11.5. The van der Waals surface area contributed by atoms with Gasteiger partial charge in [-0.3, -0.25) is 0 Å².